The minimum atomic E-state index is 0.810. The van der Waals surface area contributed by atoms with Crippen LogP contribution in [0.5, 0.6) is 0 Å². The van der Waals surface area contributed by atoms with Crippen molar-refractivity contribution in [2.24, 2.45) is 0 Å². The van der Waals surface area contributed by atoms with Gasteiger partial charge in [0.05, 0.1) is 5.39 Å². The van der Waals surface area contributed by atoms with Crippen LogP contribution < -0.4 is 5.32 Å². The number of allylic oxidation sites excluding steroid dienone is 4. The maximum absolute atomic E-state index is 4.52. The van der Waals surface area contributed by atoms with Crippen LogP contribution >= 0.6 is 11.3 Å². The Morgan fingerprint density at radius 2 is 2.14 bits per heavy atom. The number of nitrogens with one attached hydrogen (secondary N) is 1. The molecule has 2 rings (SSSR count). The topological polar surface area (TPSA) is 37.8 Å². The standard InChI is InChI=1S/C17H21N3S/c1-5-8-14(6-2)9-7-10-18-16-15-11-12(3)21-17(15)20-13(4)19-16/h5-6,8,11H,1-2,7,9-10H2,3-4H3,(H,18,19,20)/b14-8+. The average Bonchev–Trinajstić information content (AvgIpc) is 2.82. The van der Waals surface area contributed by atoms with Crippen LogP contribution in [0.3, 0.4) is 0 Å². The van der Waals surface area contributed by atoms with E-state index >= 15 is 0 Å². The predicted molar refractivity (Wildman–Crippen MR) is 93.1 cm³/mol. The molecule has 2 heterocycles. The van der Waals surface area contributed by atoms with Gasteiger partial charge in [-0.2, -0.15) is 0 Å². The van der Waals surface area contributed by atoms with E-state index in [1.165, 1.54) is 10.5 Å². The quantitative estimate of drug-likeness (QED) is 0.589. The predicted octanol–water partition coefficient (Wildman–Crippen LogP) is 4.80. The lowest BCUT2D eigenvalue weighted by molar-refractivity contribution is 0.862. The van der Waals surface area contributed by atoms with Gasteiger partial charge < -0.3 is 5.32 Å². The van der Waals surface area contributed by atoms with Crippen molar-refractivity contribution in [2.75, 3.05) is 11.9 Å². The Balaban J connectivity index is 2.02. The molecule has 0 bridgehead atoms. The third-order valence-corrected chi connectivity index (χ3v) is 4.10. The SMILES string of the molecule is C=C/C=C(\C=C)CCCNc1nc(C)nc2sc(C)cc12. The normalized spacial score (nSPS) is 11.6. The highest BCUT2D eigenvalue weighted by atomic mass is 32.1. The Morgan fingerprint density at radius 3 is 2.86 bits per heavy atom. The van der Waals surface area contributed by atoms with Gasteiger partial charge in [0.15, 0.2) is 0 Å². The molecular formula is C17H21N3S. The van der Waals surface area contributed by atoms with Gasteiger partial charge in [0.2, 0.25) is 0 Å². The molecule has 3 nitrogen and oxygen atoms in total. The van der Waals surface area contributed by atoms with Crippen LogP contribution in [-0.2, 0) is 0 Å². The first-order valence-electron chi connectivity index (χ1n) is 7.06. The van der Waals surface area contributed by atoms with Gasteiger partial charge >= 0.3 is 0 Å². The van der Waals surface area contributed by atoms with E-state index in [4.69, 9.17) is 0 Å². The number of nitrogens with zero attached hydrogens (tertiary/aromatic N) is 2. The van der Waals surface area contributed by atoms with Crippen molar-refractivity contribution in [3.05, 3.63) is 53.7 Å². The van der Waals surface area contributed by atoms with E-state index in [9.17, 15) is 0 Å². The fraction of sp³-hybridized carbons (Fsp3) is 0.294. The van der Waals surface area contributed by atoms with Gasteiger partial charge in [-0.15, -0.1) is 11.3 Å². The second-order valence-electron chi connectivity index (χ2n) is 4.91. The van der Waals surface area contributed by atoms with Crippen LogP contribution in [-0.4, -0.2) is 16.5 Å². The van der Waals surface area contributed by atoms with E-state index in [0.717, 1.165) is 41.2 Å². The minimum absolute atomic E-state index is 0.810. The van der Waals surface area contributed by atoms with Crippen molar-refractivity contribution in [1.29, 1.82) is 0 Å². The molecule has 0 aromatic carbocycles. The van der Waals surface area contributed by atoms with Crippen LogP contribution in [0.25, 0.3) is 10.2 Å². The fourth-order valence-corrected chi connectivity index (χ4v) is 3.11. The first-order valence-corrected chi connectivity index (χ1v) is 7.88. The molecule has 110 valence electrons. The molecule has 0 aliphatic rings. The van der Waals surface area contributed by atoms with Crippen molar-refractivity contribution in [3.8, 4) is 0 Å². The van der Waals surface area contributed by atoms with E-state index in [-0.39, 0.29) is 0 Å². The summed E-state index contributed by atoms with van der Waals surface area (Å²) in [6.45, 7) is 12.4. The van der Waals surface area contributed by atoms with Crippen LogP contribution in [0.2, 0.25) is 0 Å². The molecule has 21 heavy (non-hydrogen) atoms. The molecule has 1 N–H and O–H groups in total. The largest absolute Gasteiger partial charge is 0.369 e. The highest BCUT2D eigenvalue weighted by molar-refractivity contribution is 7.18. The first-order chi connectivity index (χ1) is 10.1. The Kier molecular flexibility index (Phi) is 5.28. The lowest BCUT2D eigenvalue weighted by atomic mass is 10.1. The van der Waals surface area contributed by atoms with Crippen molar-refractivity contribution in [2.45, 2.75) is 26.7 Å². The monoisotopic (exact) mass is 299 g/mol. The van der Waals surface area contributed by atoms with Gasteiger partial charge in [-0.25, -0.2) is 9.97 Å². The molecule has 0 radical (unpaired) electrons. The third-order valence-electron chi connectivity index (χ3n) is 3.16. The number of hydrogen-bond acceptors (Lipinski definition) is 4. The number of fused-ring (bicyclic) bond motifs is 1. The highest BCUT2D eigenvalue weighted by Crippen LogP contribution is 2.28. The molecule has 0 amide bonds. The molecule has 0 unspecified atom stereocenters. The molecule has 0 atom stereocenters. The van der Waals surface area contributed by atoms with Gasteiger partial charge in [0, 0.05) is 11.4 Å². The van der Waals surface area contributed by atoms with Crippen LogP contribution in [0.1, 0.15) is 23.5 Å². The van der Waals surface area contributed by atoms with E-state index in [2.05, 4.69) is 41.4 Å². The summed E-state index contributed by atoms with van der Waals surface area (Å²) < 4.78 is 0. The highest BCUT2D eigenvalue weighted by Gasteiger charge is 2.08. The molecule has 0 spiro atoms. The maximum Gasteiger partial charge on any atom is 0.138 e. The lowest BCUT2D eigenvalue weighted by Gasteiger charge is -2.08. The van der Waals surface area contributed by atoms with Gasteiger partial charge in [0.25, 0.3) is 0 Å². The van der Waals surface area contributed by atoms with Gasteiger partial charge in [-0.05, 0) is 38.3 Å². The van der Waals surface area contributed by atoms with Crippen molar-refractivity contribution in [3.63, 3.8) is 0 Å². The maximum atomic E-state index is 4.52. The van der Waals surface area contributed by atoms with Crippen molar-refractivity contribution < 1.29 is 0 Å². The molecule has 0 saturated carbocycles. The second-order valence-corrected chi connectivity index (χ2v) is 6.14. The summed E-state index contributed by atoms with van der Waals surface area (Å²) in [6, 6.07) is 2.15. The summed E-state index contributed by atoms with van der Waals surface area (Å²) in [5, 5.41) is 4.55. The summed E-state index contributed by atoms with van der Waals surface area (Å²) in [5.74, 6) is 1.75. The lowest BCUT2D eigenvalue weighted by Crippen LogP contribution is -2.05. The number of aromatic nitrogens is 2. The molecule has 0 aliphatic carbocycles. The molecule has 4 heteroatoms. The van der Waals surface area contributed by atoms with E-state index in [1.807, 2.05) is 19.1 Å². The van der Waals surface area contributed by atoms with Gasteiger partial charge in [-0.3, -0.25) is 0 Å². The molecule has 0 saturated heterocycles. The minimum Gasteiger partial charge on any atom is -0.369 e. The van der Waals surface area contributed by atoms with Crippen molar-refractivity contribution in [1.82, 2.24) is 9.97 Å². The summed E-state index contributed by atoms with van der Waals surface area (Å²) in [7, 11) is 0. The molecule has 2 aromatic heterocycles. The summed E-state index contributed by atoms with van der Waals surface area (Å²) in [6.07, 6.45) is 7.70. The second kappa shape index (κ2) is 7.18. The smallest absolute Gasteiger partial charge is 0.138 e. The Bertz CT molecular complexity index is 683. The van der Waals surface area contributed by atoms with Crippen LogP contribution in [0, 0.1) is 13.8 Å². The van der Waals surface area contributed by atoms with Gasteiger partial charge in [0.1, 0.15) is 16.5 Å². The van der Waals surface area contributed by atoms with E-state index < -0.39 is 0 Å². The Morgan fingerprint density at radius 1 is 1.33 bits per heavy atom. The summed E-state index contributed by atoms with van der Waals surface area (Å²) >= 11 is 1.71. The number of aryl methyl sites for hydroxylation is 2. The zero-order chi connectivity index (χ0) is 15.2. The van der Waals surface area contributed by atoms with E-state index in [0.29, 0.717) is 0 Å². The van der Waals surface area contributed by atoms with Gasteiger partial charge in [-0.1, -0.05) is 31.4 Å². The number of anilines is 1. The average molecular weight is 299 g/mol. The Hall–Kier alpha value is -1.94. The third kappa shape index (κ3) is 4.02. The zero-order valence-electron chi connectivity index (χ0n) is 12.6. The summed E-state index contributed by atoms with van der Waals surface area (Å²) in [5.41, 5.74) is 1.21. The molecule has 2 aromatic rings. The molecular weight excluding hydrogens is 278 g/mol. The number of rotatable bonds is 7. The molecule has 0 aliphatic heterocycles. The van der Waals surface area contributed by atoms with Crippen molar-refractivity contribution >= 4 is 27.4 Å². The zero-order valence-corrected chi connectivity index (χ0v) is 13.5. The summed E-state index contributed by atoms with van der Waals surface area (Å²) in [4.78, 5) is 11.3. The Labute approximate surface area is 130 Å². The fourth-order valence-electron chi connectivity index (χ4n) is 2.19. The number of thiophene rings is 1. The van der Waals surface area contributed by atoms with E-state index in [1.54, 1.807) is 17.4 Å². The van der Waals surface area contributed by atoms with Crippen LogP contribution in [0.15, 0.2) is 43.0 Å². The first kappa shape index (κ1) is 15.4. The van der Waals surface area contributed by atoms with Crippen LogP contribution in [0.4, 0.5) is 5.82 Å². The number of hydrogen-bond donors (Lipinski definition) is 1. The molecule has 0 fully saturated rings.